The van der Waals surface area contributed by atoms with Crippen LogP contribution in [0.3, 0.4) is 0 Å². The first-order valence-corrected chi connectivity index (χ1v) is 10.5. The Balaban J connectivity index is 2.13. The van der Waals surface area contributed by atoms with E-state index >= 15 is 0 Å². The van der Waals surface area contributed by atoms with Crippen LogP contribution in [0, 0.1) is 0 Å². The predicted molar refractivity (Wildman–Crippen MR) is 110 cm³/mol. The number of carboxylic acid groups (broad SMARTS) is 1. The molecular formula is C19H26BrClN2O5. The van der Waals surface area contributed by atoms with Gasteiger partial charge in [0, 0.05) is 32.1 Å². The number of ether oxygens (including phenoxy) is 1. The van der Waals surface area contributed by atoms with Crippen molar-refractivity contribution in [1.82, 2.24) is 9.80 Å². The number of methoxy groups -OCH3 is 1. The van der Waals surface area contributed by atoms with Gasteiger partial charge in [0.2, 0.25) is 5.91 Å². The van der Waals surface area contributed by atoms with Crippen LogP contribution < -0.4 is 4.74 Å². The summed E-state index contributed by atoms with van der Waals surface area (Å²) in [4.78, 5) is 26.5. The number of hydrogen-bond acceptors (Lipinski definition) is 4. The fourth-order valence-corrected chi connectivity index (χ4v) is 4.21. The Morgan fingerprint density at radius 2 is 1.93 bits per heavy atom. The Labute approximate surface area is 178 Å². The van der Waals surface area contributed by atoms with Crippen molar-refractivity contribution in [2.24, 2.45) is 0 Å². The highest BCUT2D eigenvalue weighted by Crippen LogP contribution is 2.26. The topological polar surface area (TPSA) is 90.3 Å². The number of amides is 2. The zero-order valence-electron chi connectivity index (χ0n) is 15.8. The lowest BCUT2D eigenvalue weighted by Gasteiger charge is -2.40. The number of halogens is 2. The van der Waals surface area contributed by atoms with Gasteiger partial charge in [-0.05, 0) is 37.0 Å². The molecular weight excluding hydrogens is 452 g/mol. The van der Waals surface area contributed by atoms with Crippen LogP contribution in [-0.4, -0.2) is 75.1 Å². The van der Waals surface area contributed by atoms with E-state index in [9.17, 15) is 14.7 Å². The van der Waals surface area contributed by atoms with Crippen LogP contribution in [0.4, 0.5) is 4.79 Å². The lowest BCUT2D eigenvalue weighted by atomic mass is 9.90. The van der Waals surface area contributed by atoms with E-state index in [4.69, 9.17) is 21.4 Å². The molecule has 0 spiro atoms. The van der Waals surface area contributed by atoms with Gasteiger partial charge in [0.05, 0.1) is 17.5 Å². The van der Waals surface area contributed by atoms with E-state index in [0.29, 0.717) is 18.8 Å². The number of piperidine rings is 1. The monoisotopic (exact) mass is 476 g/mol. The molecule has 0 bridgehead atoms. The molecule has 2 rings (SSSR count). The SMILES string of the molecule is COc1ccc(CN(CC2(O)CCN(C(=O)O)CC2)C(=O)C(Br)CCCl)cc1. The van der Waals surface area contributed by atoms with Gasteiger partial charge in [-0.2, -0.15) is 0 Å². The minimum Gasteiger partial charge on any atom is -0.497 e. The molecule has 0 saturated carbocycles. The lowest BCUT2D eigenvalue weighted by molar-refractivity contribution is -0.136. The molecule has 1 saturated heterocycles. The fraction of sp³-hybridized carbons (Fsp3) is 0.579. The number of carbonyl (C=O) groups is 2. The maximum absolute atomic E-state index is 12.9. The molecule has 28 heavy (non-hydrogen) atoms. The molecule has 1 unspecified atom stereocenters. The summed E-state index contributed by atoms with van der Waals surface area (Å²) in [6.07, 6.45) is 0.0587. The number of likely N-dealkylation sites (tertiary alicyclic amines) is 1. The number of hydrogen-bond donors (Lipinski definition) is 2. The number of aliphatic hydroxyl groups is 1. The normalized spacial score (nSPS) is 17.1. The summed E-state index contributed by atoms with van der Waals surface area (Å²) in [5.41, 5.74) is -0.215. The van der Waals surface area contributed by atoms with Crippen molar-refractivity contribution in [3.05, 3.63) is 29.8 Å². The number of carbonyl (C=O) groups excluding carboxylic acids is 1. The van der Waals surface area contributed by atoms with Gasteiger partial charge in [-0.25, -0.2) is 4.79 Å². The van der Waals surface area contributed by atoms with Crippen LogP contribution in [0.1, 0.15) is 24.8 Å². The Morgan fingerprint density at radius 3 is 2.43 bits per heavy atom. The summed E-state index contributed by atoms with van der Waals surface area (Å²) in [5, 5.41) is 20.1. The lowest BCUT2D eigenvalue weighted by Crippen LogP contribution is -2.53. The molecule has 1 aromatic carbocycles. The van der Waals surface area contributed by atoms with E-state index in [1.165, 1.54) is 4.90 Å². The zero-order chi connectivity index (χ0) is 20.7. The van der Waals surface area contributed by atoms with Gasteiger partial charge >= 0.3 is 6.09 Å². The van der Waals surface area contributed by atoms with E-state index in [2.05, 4.69) is 15.9 Å². The third-order valence-electron chi connectivity index (χ3n) is 4.92. The first kappa shape index (κ1) is 22.8. The van der Waals surface area contributed by atoms with Gasteiger partial charge in [0.15, 0.2) is 0 Å². The summed E-state index contributed by atoms with van der Waals surface area (Å²) < 4.78 is 5.16. The maximum atomic E-state index is 12.9. The van der Waals surface area contributed by atoms with Crippen LogP contribution in [0.15, 0.2) is 24.3 Å². The predicted octanol–water partition coefficient (Wildman–Crippen LogP) is 2.92. The second kappa shape index (κ2) is 10.3. The highest BCUT2D eigenvalue weighted by atomic mass is 79.9. The zero-order valence-corrected chi connectivity index (χ0v) is 18.2. The Kier molecular flexibility index (Phi) is 8.39. The summed E-state index contributed by atoms with van der Waals surface area (Å²) in [6.45, 7) is 0.958. The van der Waals surface area contributed by atoms with Crippen LogP contribution in [-0.2, 0) is 11.3 Å². The van der Waals surface area contributed by atoms with E-state index < -0.39 is 16.5 Å². The van der Waals surface area contributed by atoms with E-state index in [1.54, 1.807) is 12.0 Å². The molecule has 2 amide bonds. The molecule has 0 aromatic heterocycles. The minimum atomic E-state index is -1.12. The average molecular weight is 478 g/mol. The minimum absolute atomic E-state index is 0.135. The Morgan fingerprint density at radius 1 is 1.32 bits per heavy atom. The second-order valence-corrected chi connectivity index (χ2v) is 8.46. The second-order valence-electron chi connectivity index (χ2n) is 6.98. The Hall–Kier alpha value is -1.51. The van der Waals surface area contributed by atoms with Crippen molar-refractivity contribution in [1.29, 1.82) is 0 Å². The molecule has 9 heteroatoms. The van der Waals surface area contributed by atoms with Crippen LogP contribution in [0.5, 0.6) is 5.75 Å². The molecule has 1 aromatic rings. The number of rotatable bonds is 8. The molecule has 156 valence electrons. The quantitative estimate of drug-likeness (QED) is 0.562. The van der Waals surface area contributed by atoms with E-state index in [0.717, 1.165) is 11.3 Å². The van der Waals surface area contributed by atoms with Crippen LogP contribution in [0.2, 0.25) is 0 Å². The van der Waals surface area contributed by atoms with Gasteiger partial charge in [0.25, 0.3) is 0 Å². The highest BCUT2D eigenvalue weighted by Gasteiger charge is 2.37. The molecule has 1 heterocycles. The fourth-order valence-electron chi connectivity index (χ4n) is 3.21. The summed E-state index contributed by atoms with van der Waals surface area (Å²) in [5.74, 6) is 0.919. The van der Waals surface area contributed by atoms with Gasteiger partial charge in [-0.1, -0.05) is 28.1 Å². The summed E-state index contributed by atoms with van der Waals surface area (Å²) in [7, 11) is 1.59. The van der Waals surface area contributed by atoms with Crippen molar-refractivity contribution < 1.29 is 24.5 Å². The first-order chi connectivity index (χ1) is 13.3. The first-order valence-electron chi connectivity index (χ1n) is 9.10. The van der Waals surface area contributed by atoms with Gasteiger partial charge < -0.3 is 24.7 Å². The van der Waals surface area contributed by atoms with Crippen LogP contribution >= 0.6 is 27.5 Å². The van der Waals surface area contributed by atoms with Crippen molar-refractivity contribution in [3.8, 4) is 5.75 Å². The van der Waals surface area contributed by atoms with Crippen molar-refractivity contribution in [2.45, 2.75) is 36.2 Å². The van der Waals surface area contributed by atoms with Crippen molar-refractivity contribution in [2.75, 3.05) is 32.6 Å². The number of alkyl halides is 2. The third kappa shape index (κ3) is 6.25. The maximum Gasteiger partial charge on any atom is 0.407 e. The van der Waals surface area contributed by atoms with Crippen LogP contribution in [0.25, 0.3) is 0 Å². The highest BCUT2D eigenvalue weighted by molar-refractivity contribution is 9.10. The molecule has 7 nitrogen and oxygen atoms in total. The molecule has 0 aliphatic carbocycles. The van der Waals surface area contributed by atoms with E-state index in [-0.39, 0.29) is 38.4 Å². The molecule has 0 radical (unpaired) electrons. The van der Waals surface area contributed by atoms with E-state index in [1.807, 2.05) is 24.3 Å². The van der Waals surface area contributed by atoms with Gasteiger partial charge in [-0.15, -0.1) is 11.6 Å². The molecule has 1 aliphatic rings. The molecule has 1 aliphatic heterocycles. The molecule has 1 fully saturated rings. The third-order valence-corrected chi connectivity index (χ3v) is 5.99. The Bertz CT molecular complexity index is 665. The van der Waals surface area contributed by atoms with Crippen molar-refractivity contribution in [3.63, 3.8) is 0 Å². The number of benzene rings is 1. The standard InChI is InChI=1S/C19H26BrClN2O5/c1-28-15-4-2-14(3-5-15)12-23(17(24)16(20)6-9-21)13-19(27)7-10-22(11-8-19)18(25)26/h2-5,16,27H,6-13H2,1H3,(H,25,26). The molecule has 2 N–H and O–H groups in total. The smallest absolute Gasteiger partial charge is 0.407 e. The summed E-state index contributed by atoms with van der Waals surface area (Å²) in [6, 6.07) is 7.40. The summed E-state index contributed by atoms with van der Waals surface area (Å²) >= 11 is 9.17. The number of nitrogens with zero attached hydrogens (tertiary/aromatic N) is 2. The van der Waals surface area contributed by atoms with Gasteiger partial charge in [-0.3, -0.25) is 4.79 Å². The van der Waals surface area contributed by atoms with Gasteiger partial charge in [0.1, 0.15) is 5.75 Å². The largest absolute Gasteiger partial charge is 0.497 e. The van der Waals surface area contributed by atoms with Crippen molar-refractivity contribution >= 4 is 39.5 Å². The molecule has 1 atom stereocenters. The average Bonchev–Trinajstić information content (AvgIpc) is 2.68.